The van der Waals surface area contributed by atoms with Crippen molar-refractivity contribution in [2.75, 3.05) is 16.8 Å². The van der Waals surface area contributed by atoms with Crippen LogP contribution in [-0.2, 0) is 0 Å². The van der Waals surface area contributed by atoms with Crippen LogP contribution in [0.3, 0.4) is 0 Å². The lowest BCUT2D eigenvalue weighted by atomic mass is 10.0. The molecule has 1 N–H and O–H groups in total. The summed E-state index contributed by atoms with van der Waals surface area (Å²) in [5, 5.41) is 4.34. The molecule has 3 rings (SSSR count). The minimum Gasteiger partial charge on any atom is -0.353 e. The number of nitrogens with zero attached hydrogens (tertiary/aromatic N) is 3. The van der Waals surface area contributed by atoms with Gasteiger partial charge in [0.25, 0.3) is 0 Å². The predicted molar refractivity (Wildman–Crippen MR) is 97.1 cm³/mol. The number of nitrogens with one attached hydrogen (secondary N) is 1. The zero-order chi connectivity index (χ0) is 16.2. The quantitative estimate of drug-likeness (QED) is 0.812. The summed E-state index contributed by atoms with van der Waals surface area (Å²) in [6, 6.07) is 7.85. The lowest BCUT2D eigenvalue weighted by molar-refractivity contribution is 0.447. The van der Waals surface area contributed by atoms with E-state index in [2.05, 4.69) is 27.1 Å². The van der Waals surface area contributed by atoms with Gasteiger partial charge in [-0.2, -0.15) is 4.98 Å². The molecular formula is C17H20Cl2N4. The minimum absolute atomic E-state index is 0.557. The van der Waals surface area contributed by atoms with Gasteiger partial charge in [-0.3, -0.25) is 0 Å². The van der Waals surface area contributed by atoms with E-state index in [1.807, 2.05) is 6.07 Å². The molecule has 6 heteroatoms. The Morgan fingerprint density at radius 1 is 1.22 bits per heavy atom. The highest BCUT2D eigenvalue weighted by molar-refractivity contribution is 6.35. The van der Waals surface area contributed by atoms with Crippen LogP contribution in [0.25, 0.3) is 0 Å². The third kappa shape index (κ3) is 4.06. The highest BCUT2D eigenvalue weighted by atomic mass is 35.5. The smallest absolute Gasteiger partial charge is 0.229 e. The van der Waals surface area contributed by atoms with Gasteiger partial charge in [-0.1, -0.05) is 30.1 Å². The molecule has 122 valence electrons. The lowest BCUT2D eigenvalue weighted by Gasteiger charge is -2.36. The molecule has 4 nitrogen and oxygen atoms in total. The van der Waals surface area contributed by atoms with Crippen LogP contribution in [0.2, 0.25) is 10.0 Å². The first-order valence-corrected chi connectivity index (χ1v) is 8.74. The number of hydrogen-bond donors (Lipinski definition) is 1. The summed E-state index contributed by atoms with van der Waals surface area (Å²) in [5.41, 5.74) is 0.783. The number of rotatable bonds is 4. The molecule has 1 unspecified atom stereocenters. The highest BCUT2D eigenvalue weighted by Gasteiger charge is 2.22. The number of piperidine rings is 1. The maximum Gasteiger partial charge on any atom is 0.229 e. The Bertz CT molecular complexity index is 657. The van der Waals surface area contributed by atoms with Crippen molar-refractivity contribution in [3.63, 3.8) is 0 Å². The third-order valence-corrected chi connectivity index (χ3v) is 4.59. The van der Waals surface area contributed by atoms with Gasteiger partial charge in [0.15, 0.2) is 0 Å². The Balaban J connectivity index is 1.81. The molecule has 0 spiro atoms. The molecule has 0 radical (unpaired) electrons. The van der Waals surface area contributed by atoms with E-state index in [1.165, 1.54) is 19.3 Å². The van der Waals surface area contributed by atoms with Crippen LogP contribution in [0.4, 0.5) is 17.5 Å². The van der Waals surface area contributed by atoms with Gasteiger partial charge in [0.2, 0.25) is 5.95 Å². The summed E-state index contributed by atoms with van der Waals surface area (Å²) >= 11 is 12.1. The molecule has 1 aromatic carbocycles. The summed E-state index contributed by atoms with van der Waals surface area (Å²) in [6.45, 7) is 3.29. The molecule has 2 aromatic rings. The summed E-state index contributed by atoms with van der Waals surface area (Å²) in [7, 11) is 0. The van der Waals surface area contributed by atoms with Gasteiger partial charge in [-0.25, -0.2) is 4.98 Å². The van der Waals surface area contributed by atoms with Crippen molar-refractivity contribution in [2.45, 2.75) is 38.6 Å². The van der Waals surface area contributed by atoms with Gasteiger partial charge in [0.1, 0.15) is 5.82 Å². The normalized spacial score (nSPS) is 18.0. The van der Waals surface area contributed by atoms with Gasteiger partial charge >= 0.3 is 0 Å². The Hall–Kier alpha value is -1.52. The van der Waals surface area contributed by atoms with E-state index in [4.69, 9.17) is 23.2 Å². The van der Waals surface area contributed by atoms with E-state index < -0.39 is 0 Å². The van der Waals surface area contributed by atoms with E-state index in [0.717, 1.165) is 24.5 Å². The Kier molecular flexibility index (Phi) is 5.23. The Morgan fingerprint density at radius 3 is 2.74 bits per heavy atom. The van der Waals surface area contributed by atoms with Crippen molar-refractivity contribution in [3.05, 3.63) is 40.5 Å². The molecule has 1 fully saturated rings. The third-order valence-electron chi connectivity index (χ3n) is 4.15. The molecule has 1 aliphatic heterocycles. The highest BCUT2D eigenvalue weighted by Crippen LogP contribution is 2.27. The molecule has 1 aromatic heterocycles. The fourth-order valence-corrected chi connectivity index (χ4v) is 3.58. The fourth-order valence-electron chi connectivity index (χ4n) is 3.05. The van der Waals surface area contributed by atoms with Crippen LogP contribution in [0.1, 0.15) is 32.6 Å². The van der Waals surface area contributed by atoms with E-state index >= 15 is 0 Å². The zero-order valence-electron chi connectivity index (χ0n) is 13.1. The fraction of sp³-hybridized carbons (Fsp3) is 0.412. The SMILES string of the molecule is CCC1CCCCN1c1ccnc(Nc2cc(Cl)cc(Cl)c2)n1. The Labute approximate surface area is 146 Å². The molecule has 0 bridgehead atoms. The van der Waals surface area contributed by atoms with Crippen molar-refractivity contribution in [1.29, 1.82) is 0 Å². The van der Waals surface area contributed by atoms with Crippen LogP contribution < -0.4 is 10.2 Å². The molecule has 0 saturated carbocycles. The molecule has 1 atom stereocenters. The van der Waals surface area contributed by atoms with Crippen molar-refractivity contribution in [2.24, 2.45) is 0 Å². The minimum atomic E-state index is 0.557. The van der Waals surface area contributed by atoms with E-state index in [1.54, 1.807) is 24.4 Å². The molecule has 2 heterocycles. The first-order valence-electron chi connectivity index (χ1n) is 7.98. The van der Waals surface area contributed by atoms with Crippen LogP contribution in [0.15, 0.2) is 30.5 Å². The van der Waals surface area contributed by atoms with Crippen molar-refractivity contribution in [1.82, 2.24) is 9.97 Å². The summed E-state index contributed by atoms with van der Waals surface area (Å²) in [5.74, 6) is 1.53. The lowest BCUT2D eigenvalue weighted by Crippen LogP contribution is -2.39. The monoisotopic (exact) mass is 350 g/mol. The summed E-state index contributed by atoms with van der Waals surface area (Å²) in [6.07, 6.45) is 6.67. The van der Waals surface area contributed by atoms with Crippen molar-refractivity contribution in [3.8, 4) is 0 Å². The standard InChI is InChI=1S/C17H20Cl2N4/c1-2-15-5-3-4-8-23(15)16-6-7-20-17(22-16)21-14-10-12(18)9-13(19)11-14/h6-7,9-11,15H,2-5,8H2,1H3,(H,20,21,22). The molecule has 0 aliphatic carbocycles. The maximum atomic E-state index is 6.03. The summed E-state index contributed by atoms with van der Waals surface area (Å²) in [4.78, 5) is 11.4. The topological polar surface area (TPSA) is 41.1 Å². The number of anilines is 3. The van der Waals surface area contributed by atoms with Crippen LogP contribution in [0, 0.1) is 0 Å². The molecule has 0 amide bonds. The Morgan fingerprint density at radius 2 is 2.00 bits per heavy atom. The second-order valence-corrected chi connectivity index (χ2v) is 6.65. The second kappa shape index (κ2) is 7.37. The van der Waals surface area contributed by atoms with E-state index in [9.17, 15) is 0 Å². The van der Waals surface area contributed by atoms with Gasteiger partial charge in [-0.15, -0.1) is 0 Å². The van der Waals surface area contributed by atoms with E-state index in [-0.39, 0.29) is 0 Å². The maximum absolute atomic E-state index is 6.03. The largest absolute Gasteiger partial charge is 0.353 e. The molecule has 1 aliphatic rings. The van der Waals surface area contributed by atoms with Crippen molar-refractivity contribution >= 4 is 40.7 Å². The first-order chi connectivity index (χ1) is 11.2. The van der Waals surface area contributed by atoms with Gasteiger partial charge in [-0.05, 0) is 49.9 Å². The molecule has 1 saturated heterocycles. The van der Waals surface area contributed by atoms with Crippen LogP contribution in [0.5, 0.6) is 0 Å². The van der Waals surface area contributed by atoms with Crippen LogP contribution >= 0.6 is 23.2 Å². The average molecular weight is 351 g/mol. The number of benzene rings is 1. The second-order valence-electron chi connectivity index (χ2n) is 5.77. The van der Waals surface area contributed by atoms with Gasteiger partial charge in [0, 0.05) is 34.5 Å². The number of hydrogen-bond acceptors (Lipinski definition) is 4. The predicted octanol–water partition coefficient (Wildman–Crippen LogP) is 5.30. The number of aromatic nitrogens is 2. The van der Waals surface area contributed by atoms with Crippen molar-refractivity contribution < 1.29 is 0 Å². The molecule has 23 heavy (non-hydrogen) atoms. The van der Waals surface area contributed by atoms with Crippen LogP contribution in [-0.4, -0.2) is 22.6 Å². The average Bonchev–Trinajstić information content (AvgIpc) is 2.54. The molecular weight excluding hydrogens is 331 g/mol. The first kappa shape index (κ1) is 16.3. The van der Waals surface area contributed by atoms with Gasteiger partial charge in [0.05, 0.1) is 0 Å². The summed E-state index contributed by atoms with van der Waals surface area (Å²) < 4.78 is 0. The van der Waals surface area contributed by atoms with Gasteiger partial charge < -0.3 is 10.2 Å². The zero-order valence-corrected chi connectivity index (χ0v) is 14.6. The number of halogens is 2. The van der Waals surface area contributed by atoms with E-state index in [0.29, 0.717) is 22.0 Å².